The van der Waals surface area contributed by atoms with Gasteiger partial charge in [0.2, 0.25) is 0 Å². The van der Waals surface area contributed by atoms with Gasteiger partial charge in [-0.25, -0.2) is 9.59 Å². The fourth-order valence-electron chi connectivity index (χ4n) is 5.99. The summed E-state index contributed by atoms with van der Waals surface area (Å²) in [5.41, 5.74) is -2.29. The highest BCUT2D eigenvalue weighted by atomic mass is 19.4. The molecule has 0 aliphatic carbocycles. The van der Waals surface area contributed by atoms with Crippen LogP contribution in [0.2, 0.25) is 0 Å². The van der Waals surface area contributed by atoms with Gasteiger partial charge in [0.25, 0.3) is 0 Å². The molecule has 1 saturated heterocycles. The number of aryl methyl sites for hydroxylation is 1. The van der Waals surface area contributed by atoms with Gasteiger partial charge in [0.1, 0.15) is 11.9 Å². The Morgan fingerprint density at radius 1 is 0.784 bits per heavy atom. The van der Waals surface area contributed by atoms with E-state index in [1.165, 1.54) is 32.2 Å². The summed E-state index contributed by atoms with van der Waals surface area (Å²) in [5, 5.41) is 9.30. The number of cyclic esters (lactones) is 1. The standard InChI is InChI=1S/C36H28F9NO5/c1-18-10-23(32(47)48)6-5-22(18)11-20-4-9-30(50-3)28(14-20)27-8-7-24(34(37,38)39)16-29(27)31-19(2)46(33(49)51-31)17-21-12-25(35(40,41)42)15-26(13-21)36(43,44)45/h4-10,12-16,19,31H,11,17H2,1-3H3,(H,47,48)/t19-,31?/m1/s1. The van der Waals surface area contributed by atoms with Gasteiger partial charge in [0.15, 0.2) is 0 Å². The smallest absolute Gasteiger partial charge is 0.416 e. The molecule has 0 radical (unpaired) electrons. The van der Waals surface area contributed by atoms with Crippen LogP contribution < -0.4 is 4.74 Å². The normalized spacial score (nSPS) is 16.7. The van der Waals surface area contributed by atoms with Crippen molar-refractivity contribution in [1.29, 1.82) is 0 Å². The first kappa shape index (κ1) is 37.1. The Kier molecular flexibility index (Phi) is 9.80. The van der Waals surface area contributed by atoms with E-state index in [9.17, 15) is 54.2 Å². The van der Waals surface area contributed by atoms with Gasteiger partial charge in [-0.2, -0.15) is 39.5 Å². The molecule has 1 amide bonds. The third-order valence-electron chi connectivity index (χ3n) is 8.62. The van der Waals surface area contributed by atoms with E-state index in [1.807, 2.05) is 0 Å². The van der Waals surface area contributed by atoms with Crippen molar-refractivity contribution < 1.29 is 63.7 Å². The predicted octanol–water partition coefficient (Wildman–Crippen LogP) is 10.1. The number of ether oxygens (including phenoxy) is 2. The summed E-state index contributed by atoms with van der Waals surface area (Å²) in [6.07, 6.45) is -17.4. The molecule has 51 heavy (non-hydrogen) atoms. The quantitative estimate of drug-likeness (QED) is 0.183. The number of carboxylic acids is 1. The lowest BCUT2D eigenvalue weighted by Gasteiger charge is -2.24. The molecule has 0 spiro atoms. The van der Waals surface area contributed by atoms with E-state index in [2.05, 4.69) is 0 Å². The van der Waals surface area contributed by atoms with Crippen LogP contribution in [0, 0.1) is 6.92 Å². The van der Waals surface area contributed by atoms with E-state index < -0.39 is 71.5 Å². The highest BCUT2D eigenvalue weighted by Crippen LogP contribution is 2.45. The summed E-state index contributed by atoms with van der Waals surface area (Å²) < 4.78 is 134. The van der Waals surface area contributed by atoms with Crippen LogP contribution in [0.25, 0.3) is 11.1 Å². The maximum atomic E-state index is 14.0. The average Bonchev–Trinajstić information content (AvgIpc) is 3.32. The van der Waals surface area contributed by atoms with Crippen LogP contribution in [0.5, 0.6) is 5.75 Å². The minimum absolute atomic E-state index is 0.0547. The Hall–Kier alpha value is -5.21. The molecule has 0 bridgehead atoms. The molecule has 4 aromatic carbocycles. The van der Waals surface area contributed by atoms with Crippen molar-refractivity contribution in [2.24, 2.45) is 0 Å². The monoisotopic (exact) mass is 725 g/mol. The Labute approximate surface area is 285 Å². The number of alkyl halides is 9. The first-order chi connectivity index (χ1) is 23.7. The Morgan fingerprint density at radius 3 is 1.96 bits per heavy atom. The third kappa shape index (κ3) is 7.92. The van der Waals surface area contributed by atoms with Gasteiger partial charge in [-0.3, -0.25) is 4.90 Å². The molecule has 1 N–H and O–H groups in total. The molecule has 0 aromatic heterocycles. The first-order valence-corrected chi connectivity index (χ1v) is 15.1. The fourth-order valence-corrected chi connectivity index (χ4v) is 5.99. The van der Waals surface area contributed by atoms with E-state index in [4.69, 9.17) is 9.47 Å². The molecule has 0 saturated carbocycles. The molecule has 2 atom stereocenters. The highest BCUT2D eigenvalue weighted by molar-refractivity contribution is 5.88. The molecule has 4 aromatic rings. The maximum absolute atomic E-state index is 14.0. The lowest BCUT2D eigenvalue weighted by Crippen LogP contribution is -2.31. The van der Waals surface area contributed by atoms with Gasteiger partial charge in [-0.1, -0.05) is 18.2 Å². The van der Waals surface area contributed by atoms with Gasteiger partial charge in [0.05, 0.1) is 35.4 Å². The van der Waals surface area contributed by atoms with E-state index in [1.54, 1.807) is 31.2 Å². The number of rotatable bonds is 8. The summed E-state index contributed by atoms with van der Waals surface area (Å²) in [4.78, 5) is 25.3. The molecule has 1 heterocycles. The molecule has 6 nitrogen and oxygen atoms in total. The second-order valence-electron chi connectivity index (χ2n) is 12.0. The van der Waals surface area contributed by atoms with Crippen LogP contribution in [0.1, 0.15) is 67.9 Å². The number of carboxylic acid groups (broad SMARTS) is 1. The molecule has 1 fully saturated rings. The zero-order chi connectivity index (χ0) is 37.6. The third-order valence-corrected chi connectivity index (χ3v) is 8.62. The van der Waals surface area contributed by atoms with Crippen molar-refractivity contribution >= 4 is 12.1 Å². The number of halogens is 9. The maximum Gasteiger partial charge on any atom is 0.416 e. The molecular weight excluding hydrogens is 697 g/mol. The van der Waals surface area contributed by atoms with E-state index >= 15 is 0 Å². The van der Waals surface area contributed by atoms with Gasteiger partial charge in [-0.15, -0.1) is 0 Å². The van der Waals surface area contributed by atoms with Gasteiger partial charge in [-0.05, 0) is 103 Å². The molecule has 5 rings (SSSR count). The number of hydrogen-bond donors (Lipinski definition) is 1. The number of amides is 1. The minimum Gasteiger partial charge on any atom is -0.496 e. The SMILES string of the molecule is COc1ccc(Cc2ccc(C(=O)O)cc2C)cc1-c1ccc(C(F)(F)F)cc1C1OC(=O)N(Cc2cc(C(F)(F)F)cc(C(F)(F)F)c2)[C@@H]1C. The Balaban J connectivity index is 1.56. The lowest BCUT2D eigenvalue weighted by atomic mass is 9.89. The Bertz CT molecular complexity index is 1950. The number of nitrogens with zero attached hydrogens (tertiary/aromatic N) is 1. The summed E-state index contributed by atoms with van der Waals surface area (Å²) >= 11 is 0. The minimum atomic E-state index is -5.14. The van der Waals surface area contributed by atoms with Crippen LogP contribution in [0.3, 0.4) is 0 Å². The summed E-state index contributed by atoms with van der Waals surface area (Å²) in [6, 6.07) is 12.0. The van der Waals surface area contributed by atoms with E-state index in [-0.39, 0.29) is 34.9 Å². The molecule has 1 unspecified atom stereocenters. The topological polar surface area (TPSA) is 76.1 Å². The van der Waals surface area contributed by atoms with Crippen molar-refractivity contribution in [3.8, 4) is 16.9 Å². The Morgan fingerprint density at radius 2 is 1.41 bits per heavy atom. The second-order valence-corrected chi connectivity index (χ2v) is 12.0. The summed E-state index contributed by atoms with van der Waals surface area (Å²) in [5.74, 6) is -0.873. The number of hydrogen-bond acceptors (Lipinski definition) is 4. The molecular formula is C36H28F9NO5. The van der Waals surface area contributed by atoms with Crippen LogP contribution in [0.4, 0.5) is 44.3 Å². The van der Waals surface area contributed by atoms with Crippen molar-refractivity contribution in [3.05, 3.63) is 123 Å². The molecule has 270 valence electrons. The largest absolute Gasteiger partial charge is 0.496 e. The number of carbonyl (C=O) groups is 2. The van der Waals surface area contributed by atoms with Crippen molar-refractivity contribution in [1.82, 2.24) is 4.90 Å². The number of benzene rings is 4. The number of methoxy groups -OCH3 is 1. The highest BCUT2D eigenvalue weighted by Gasteiger charge is 2.43. The van der Waals surface area contributed by atoms with Gasteiger partial charge < -0.3 is 14.6 Å². The van der Waals surface area contributed by atoms with Crippen LogP contribution in [-0.4, -0.2) is 35.2 Å². The predicted molar refractivity (Wildman–Crippen MR) is 165 cm³/mol. The van der Waals surface area contributed by atoms with E-state index in [0.717, 1.165) is 22.6 Å². The van der Waals surface area contributed by atoms with Crippen LogP contribution in [0.15, 0.2) is 72.8 Å². The fraction of sp³-hybridized carbons (Fsp3) is 0.278. The van der Waals surface area contributed by atoms with Crippen molar-refractivity contribution in [3.63, 3.8) is 0 Å². The summed E-state index contributed by atoms with van der Waals surface area (Å²) in [6.45, 7) is 2.32. The molecule has 1 aliphatic rings. The number of carbonyl (C=O) groups excluding carboxylic acids is 1. The van der Waals surface area contributed by atoms with Crippen LogP contribution >= 0.6 is 0 Å². The summed E-state index contributed by atoms with van der Waals surface area (Å²) in [7, 11) is 1.33. The lowest BCUT2D eigenvalue weighted by molar-refractivity contribution is -0.143. The number of aromatic carboxylic acids is 1. The van der Waals surface area contributed by atoms with Crippen LogP contribution in [-0.2, 0) is 36.2 Å². The first-order valence-electron chi connectivity index (χ1n) is 15.1. The van der Waals surface area contributed by atoms with Crippen molar-refractivity contribution in [2.75, 3.05) is 7.11 Å². The average molecular weight is 726 g/mol. The zero-order valence-corrected chi connectivity index (χ0v) is 26.9. The second kappa shape index (κ2) is 13.5. The van der Waals surface area contributed by atoms with Gasteiger partial charge >= 0.3 is 30.6 Å². The molecule has 1 aliphatic heterocycles. The van der Waals surface area contributed by atoms with Gasteiger partial charge in [0, 0.05) is 17.7 Å². The zero-order valence-electron chi connectivity index (χ0n) is 26.9. The van der Waals surface area contributed by atoms with E-state index in [0.29, 0.717) is 28.8 Å². The molecule has 15 heteroatoms. The van der Waals surface area contributed by atoms with Crippen molar-refractivity contribution in [2.45, 2.75) is 57.5 Å².